The SMILES string of the molecule is Cc1cccc(C)c1NC(=O)CSc1nnc(-c2ccc(NC(=O)c3ccccc3)cc2)n1C. The molecule has 4 aromatic rings. The first-order valence-electron chi connectivity index (χ1n) is 10.8. The molecule has 0 saturated carbocycles. The van der Waals surface area contributed by atoms with E-state index < -0.39 is 0 Å². The van der Waals surface area contributed by atoms with Gasteiger partial charge < -0.3 is 15.2 Å². The van der Waals surface area contributed by atoms with Gasteiger partial charge in [-0.1, -0.05) is 48.2 Å². The summed E-state index contributed by atoms with van der Waals surface area (Å²) in [6.45, 7) is 3.95. The van der Waals surface area contributed by atoms with Gasteiger partial charge in [-0.05, 0) is 61.4 Å². The fraction of sp³-hybridized carbons (Fsp3) is 0.154. The van der Waals surface area contributed by atoms with Crippen LogP contribution in [0, 0.1) is 13.8 Å². The normalized spacial score (nSPS) is 10.7. The number of thioether (sulfide) groups is 1. The molecule has 0 aliphatic heterocycles. The molecule has 7 nitrogen and oxygen atoms in total. The van der Waals surface area contributed by atoms with Gasteiger partial charge in [0, 0.05) is 29.5 Å². The minimum atomic E-state index is -0.162. The maximum Gasteiger partial charge on any atom is 0.255 e. The highest BCUT2D eigenvalue weighted by atomic mass is 32.2. The number of para-hydroxylation sites is 1. The molecule has 0 bridgehead atoms. The standard InChI is InChI=1S/C26H25N5O2S/c1-17-8-7-9-18(2)23(17)28-22(32)16-34-26-30-29-24(31(26)3)19-12-14-21(15-13-19)27-25(33)20-10-5-4-6-11-20/h4-15H,16H2,1-3H3,(H,27,33)(H,28,32). The first kappa shape index (κ1) is 23.3. The average molecular weight is 472 g/mol. The molecule has 4 rings (SSSR count). The maximum absolute atomic E-state index is 12.5. The number of nitrogens with one attached hydrogen (secondary N) is 2. The number of benzene rings is 3. The Morgan fingerprint density at radius 3 is 2.21 bits per heavy atom. The summed E-state index contributed by atoms with van der Waals surface area (Å²) in [5.74, 6) is 0.651. The van der Waals surface area contributed by atoms with Crippen molar-refractivity contribution in [2.75, 3.05) is 16.4 Å². The number of anilines is 2. The van der Waals surface area contributed by atoms with Crippen LogP contribution >= 0.6 is 11.8 Å². The van der Waals surface area contributed by atoms with Crippen LogP contribution in [0.4, 0.5) is 11.4 Å². The second kappa shape index (κ2) is 10.4. The van der Waals surface area contributed by atoms with Gasteiger partial charge in [0.15, 0.2) is 11.0 Å². The second-order valence-electron chi connectivity index (χ2n) is 7.87. The van der Waals surface area contributed by atoms with Crippen LogP contribution in [0.3, 0.4) is 0 Å². The van der Waals surface area contributed by atoms with E-state index in [0.717, 1.165) is 22.4 Å². The quantitative estimate of drug-likeness (QED) is 0.367. The number of rotatable bonds is 7. The summed E-state index contributed by atoms with van der Waals surface area (Å²) < 4.78 is 1.86. The molecule has 0 fully saturated rings. The van der Waals surface area contributed by atoms with Crippen LogP contribution in [0.1, 0.15) is 21.5 Å². The lowest BCUT2D eigenvalue weighted by Gasteiger charge is -2.11. The van der Waals surface area contributed by atoms with E-state index in [9.17, 15) is 9.59 Å². The molecular formula is C26H25N5O2S. The zero-order valence-corrected chi connectivity index (χ0v) is 20.0. The molecule has 8 heteroatoms. The Hall–Kier alpha value is -3.91. The Bertz CT molecular complexity index is 1300. The van der Waals surface area contributed by atoms with Gasteiger partial charge in [-0.15, -0.1) is 10.2 Å². The van der Waals surface area contributed by atoms with Crippen LogP contribution in [0.25, 0.3) is 11.4 Å². The van der Waals surface area contributed by atoms with Gasteiger partial charge >= 0.3 is 0 Å². The minimum Gasteiger partial charge on any atom is -0.325 e. The molecule has 172 valence electrons. The van der Waals surface area contributed by atoms with Crippen molar-refractivity contribution in [1.82, 2.24) is 14.8 Å². The summed E-state index contributed by atoms with van der Waals surface area (Å²) in [5, 5.41) is 15.1. The van der Waals surface area contributed by atoms with E-state index >= 15 is 0 Å². The van der Waals surface area contributed by atoms with E-state index in [4.69, 9.17) is 0 Å². The van der Waals surface area contributed by atoms with E-state index in [-0.39, 0.29) is 17.6 Å². The Balaban J connectivity index is 1.38. The molecule has 3 aromatic carbocycles. The second-order valence-corrected chi connectivity index (χ2v) is 8.81. The predicted octanol–water partition coefficient (Wildman–Crippen LogP) is 5.08. The molecule has 1 aromatic heterocycles. The summed E-state index contributed by atoms with van der Waals surface area (Å²) in [4.78, 5) is 24.8. The Morgan fingerprint density at radius 1 is 0.853 bits per heavy atom. The topological polar surface area (TPSA) is 88.9 Å². The maximum atomic E-state index is 12.5. The van der Waals surface area contributed by atoms with E-state index in [0.29, 0.717) is 22.2 Å². The third-order valence-electron chi connectivity index (χ3n) is 5.35. The fourth-order valence-electron chi connectivity index (χ4n) is 3.50. The molecule has 0 radical (unpaired) electrons. The lowest BCUT2D eigenvalue weighted by atomic mass is 10.1. The predicted molar refractivity (Wildman–Crippen MR) is 136 cm³/mol. The average Bonchev–Trinajstić information content (AvgIpc) is 3.21. The van der Waals surface area contributed by atoms with Gasteiger partial charge in [-0.25, -0.2) is 0 Å². The number of aromatic nitrogens is 3. The lowest BCUT2D eigenvalue weighted by molar-refractivity contribution is -0.113. The zero-order valence-electron chi connectivity index (χ0n) is 19.2. The van der Waals surface area contributed by atoms with Crippen LogP contribution in [0.2, 0.25) is 0 Å². The van der Waals surface area contributed by atoms with Crippen molar-refractivity contribution < 1.29 is 9.59 Å². The highest BCUT2D eigenvalue weighted by molar-refractivity contribution is 7.99. The molecule has 1 heterocycles. The Labute approximate surface area is 202 Å². The number of hydrogen-bond donors (Lipinski definition) is 2. The first-order valence-corrected chi connectivity index (χ1v) is 11.8. The summed E-state index contributed by atoms with van der Waals surface area (Å²) in [5.41, 5.74) is 5.07. The largest absolute Gasteiger partial charge is 0.325 e. The van der Waals surface area contributed by atoms with E-state index in [1.54, 1.807) is 12.1 Å². The monoisotopic (exact) mass is 471 g/mol. The molecule has 0 aliphatic carbocycles. The van der Waals surface area contributed by atoms with Crippen molar-refractivity contribution in [3.8, 4) is 11.4 Å². The number of carbonyl (C=O) groups excluding carboxylic acids is 2. The van der Waals surface area contributed by atoms with Gasteiger partial charge in [0.25, 0.3) is 5.91 Å². The molecule has 0 aliphatic rings. The van der Waals surface area contributed by atoms with Crippen molar-refractivity contribution >= 4 is 35.0 Å². The Morgan fingerprint density at radius 2 is 1.53 bits per heavy atom. The van der Waals surface area contributed by atoms with Crippen molar-refractivity contribution in [3.63, 3.8) is 0 Å². The molecular weight excluding hydrogens is 446 g/mol. The summed E-state index contributed by atoms with van der Waals surface area (Å²) in [7, 11) is 1.87. The van der Waals surface area contributed by atoms with Gasteiger partial charge in [0.05, 0.1) is 5.75 Å². The third-order valence-corrected chi connectivity index (χ3v) is 6.37. The van der Waals surface area contributed by atoms with Crippen LogP contribution in [-0.2, 0) is 11.8 Å². The lowest BCUT2D eigenvalue weighted by Crippen LogP contribution is -2.16. The number of aryl methyl sites for hydroxylation is 2. The molecule has 2 N–H and O–H groups in total. The smallest absolute Gasteiger partial charge is 0.255 e. The zero-order chi connectivity index (χ0) is 24.1. The Kier molecular flexibility index (Phi) is 7.08. The van der Waals surface area contributed by atoms with Crippen molar-refractivity contribution in [2.45, 2.75) is 19.0 Å². The van der Waals surface area contributed by atoms with Gasteiger partial charge in [0.2, 0.25) is 5.91 Å². The summed E-state index contributed by atoms with van der Waals surface area (Å²) >= 11 is 1.33. The molecule has 0 saturated heterocycles. The third kappa shape index (κ3) is 5.35. The van der Waals surface area contributed by atoms with Gasteiger partial charge in [-0.2, -0.15) is 0 Å². The fourth-order valence-corrected chi connectivity index (χ4v) is 4.22. The van der Waals surface area contributed by atoms with Crippen LogP contribution in [0.5, 0.6) is 0 Å². The van der Waals surface area contributed by atoms with Crippen LogP contribution in [0.15, 0.2) is 78.0 Å². The van der Waals surface area contributed by atoms with Crippen molar-refractivity contribution in [3.05, 3.63) is 89.5 Å². The summed E-state index contributed by atoms with van der Waals surface area (Å²) in [6, 6.07) is 22.4. The number of amides is 2. The number of nitrogens with zero attached hydrogens (tertiary/aromatic N) is 3. The van der Waals surface area contributed by atoms with Crippen molar-refractivity contribution in [1.29, 1.82) is 0 Å². The highest BCUT2D eigenvalue weighted by Gasteiger charge is 2.14. The van der Waals surface area contributed by atoms with E-state index in [2.05, 4.69) is 20.8 Å². The van der Waals surface area contributed by atoms with Crippen molar-refractivity contribution in [2.24, 2.45) is 7.05 Å². The summed E-state index contributed by atoms with van der Waals surface area (Å²) in [6.07, 6.45) is 0. The van der Waals surface area contributed by atoms with E-state index in [1.165, 1.54) is 11.8 Å². The highest BCUT2D eigenvalue weighted by Crippen LogP contribution is 2.25. The first-order chi connectivity index (χ1) is 16.4. The van der Waals surface area contributed by atoms with E-state index in [1.807, 2.05) is 86.1 Å². The van der Waals surface area contributed by atoms with Crippen LogP contribution < -0.4 is 10.6 Å². The molecule has 2 amide bonds. The molecule has 34 heavy (non-hydrogen) atoms. The number of hydrogen-bond acceptors (Lipinski definition) is 5. The van der Waals surface area contributed by atoms with Gasteiger partial charge in [-0.3, -0.25) is 9.59 Å². The number of carbonyl (C=O) groups is 2. The molecule has 0 atom stereocenters. The molecule has 0 spiro atoms. The van der Waals surface area contributed by atoms with Gasteiger partial charge in [0.1, 0.15) is 0 Å². The van der Waals surface area contributed by atoms with Crippen LogP contribution in [-0.4, -0.2) is 32.3 Å². The minimum absolute atomic E-state index is 0.0922. The molecule has 0 unspecified atom stereocenters.